The number of methoxy groups -OCH3 is 1. The third-order valence-electron chi connectivity index (χ3n) is 5.31. The van der Waals surface area contributed by atoms with Crippen molar-refractivity contribution >= 4 is 63.7 Å². The largest absolute Gasteiger partial charge is 0.493 e. The molecule has 2 aliphatic heterocycles. The second kappa shape index (κ2) is 11.7. The number of nitrogens with one attached hydrogen (secondary N) is 1. The van der Waals surface area contributed by atoms with Crippen molar-refractivity contribution in [2.75, 3.05) is 40.0 Å². The minimum absolute atomic E-state index is 0.123. The summed E-state index contributed by atoms with van der Waals surface area (Å²) in [5.41, 5.74) is 3.52. The maximum atomic E-state index is 12.9. The van der Waals surface area contributed by atoms with Crippen molar-refractivity contribution in [3.05, 3.63) is 63.5 Å². The maximum absolute atomic E-state index is 12.9. The van der Waals surface area contributed by atoms with E-state index < -0.39 is 11.8 Å². The Bertz CT molecular complexity index is 1210. The van der Waals surface area contributed by atoms with E-state index >= 15 is 0 Å². The third kappa shape index (κ3) is 6.16. The average molecular weight is 548 g/mol. The minimum Gasteiger partial charge on any atom is -0.493 e. The zero-order valence-electron chi connectivity index (χ0n) is 19.2. The average Bonchev–Trinajstić information content (AvgIpc) is 3.15. The number of carbonyl (C=O) groups is 3. The second-order valence-corrected chi connectivity index (χ2v) is 9.77. The number of thiocarbonyl (C=S) groups is 1. The van der Waals surface area contributed by atoms with Crippen LogP contribution >= 0.6 is 35.6 Å². The molecular weight excluding hydrogens is 526 g/mol. The molecule has 2 fully saturated rings. The smallest absolute Gasteiger partial charge is 0.285 e. The SMILES string of the molecule is COc1cc(/C=C2\SC(=S)N(NC(=O)c3ccc(Cl)cc3)C2=O)ccc1OCC(=O)N1CCOCC1. The number of morpholine rings is 1. The van der Waals surface area contributed by atoms with Crippen molar-refractivity contribution in [3.8, 4) is 11.5 Å². The molecule has 2 heterocycles. The van der Waals surface area contributed by atoms with Gasteiger partial charge in [0, 0.05) is 23.7 Å². The molecule has 0 saturated carbocycles. The molecule has 0 bridgehead atoms. The number of benzene rings is 2. The Morgan fingerprint density at radius 3 is 2.58 bits per heavy atom. The Hall–Kier alpha value is -3.12. The summed E-state index contributed by atoms with van der Waals surface area (Å²) >= 11 is 12.2. The van der Waals surface area contributed by atoms with Crippen LogP contribution in [-0.4, -0.2) is 72.0 Å². The predicted octanol–water partition coefficient (Wildman–Crippen LogP) is 3.13. The molecule has 2 saturated heterocycles. The van der Waals surface area contributed by atoms with Crippen LogP contribution < -0.4 is 14.9 Å². The maximum Gasteiger partial charge on any atom is 0.285 e. The Kier molecular flexibility index (Phi) is 8.47. The molecule has 0 unspecified atom stereocenters. The molecule has 0 spiro atoms. The summed E-state index contributed by atoms with van der Waals surface area (Å²) < 4.78 is 16.6. The van der Waals surface area contributed by atoms with Crippen LogP contribution in [0.2, 0.25) is 5.02 Å². The molecular formula is C24H22ClN3O6S2. The van der Waals surface area contributed by atoms with Crippen molar-refractivity contribution in [1.29, 1.82) is 0 Å². The normalized spacial score (nSPS) is 16.9. The first-order valence-electron chi connectivity index (χ1n) is 10.9. The molecule has 0 radical (unpaired) electrons. The topological polar surface area (TPSA) is 97.4 Å². The van der Waals surface area contributed by atoms with Gasteiger partial charge in [-0.1, -0.05) is 29.4 Å². The molecule has 3 amide bonds. The van der Waals surface area contributed by atoms with Crippen LogP contribution in [0.3, 0.4) is 0 Å². The number of rotatable bonds is 7. The van der Waals surface area contributed by atoms with Gasteiger partial charge in [0.25, 0.3) is 17.7 Å². The molecule has 9 nitrogen and oxygen atoms in total. The van der Waals surface area contributed by atoms with E-state index in [1.807, 2.05) is 0 Å². The van der Waals surface area contributed by atoms with Gasteiger partial charge in [0.05, 0.1) is 25.2 Å². The zero-order chi connectivity index (χ0) is 25.7. The lowest BCUT2D eigenvalue weighted by atomic mass is 10.2. The highest BCUT2D eigenvalue weighted by atomic mass is 35.5. The van der Waals surface area contributed by atoms with E-state index in [9.17, 15) is 14.4 Å². The highest BCUT2D eigenvalue weighted by molar-refractivity contribution is 8.26. The van der Waals surface area contributed by atoms with Crippen molar-refractivity contribution < 1.29 is 28.6 Å². The molecule has 0 aromatic heterocycles. The number of thioether (sulfide) groups is 1. The summed E-state index contributed by atoms with van der Waals surface area (Å²) in [6, 6.07) is 11.4. The fraction of sp³-hybridized carbons (Fsp3) is 0.250. The molecule has 2 aromatic rings. The number of ether oxygens (including phenoxy) is 3. The van der Waals surface area contributed by atoms with Crippen molar-refractivity contribution in [1.82, 2.24) is 15.3 Å². The molecule has 36 heavy (non-hydrogen) atoms. The summed E-state index contributed by atoms with van der Waals surface area (Å²) in [6.07, 6.45) is 1.64. The van der Waals surface area contributed by atoms with Crippen LogP contribution in [0.1, 0.15) is 15.9 Å². The summed E-state index contributed by atoms with van der Waals surface area (Å²) in [7, 11) is 1.49. The van der Waals surface area contributed by atoms with Gasteiger partial charge in [-0.2, -0.15) is 5.01 Å². The predicted molar refractivity (Wildman–Crippen MR) is 140 cm³/mol. The lowest BCUT2D eigenvalue weighted by molar-refractivity contribution is -0.137. The van der Waals surface area contributed by atoms with Crippen LogP contribution in [0, 0.1) is 0 Å². The first-order chi connectivity index (χ1) is 17.4. The first-order valence-corrected chi connectivity index (χ1v) is 12.5. The number of hydrogen-bond acceptors (Lipinski definition) is 8. The monoisotopic (exact) mass is 547 g/mol. The molecule has 0 aliphatic carbocycles. The van der Waals surface area contributed by atoms with Gasteiger partial charge in [-0.25, -0.2) is 0 Å². The van der Waals surface area contributed by atoms with Crippen LogP contribution in [0.5, 0.6) is 11.5 Å². The van der Waals surface area contributed by atoms with E-state index in [1.54, 1.807) is 53.4 Å². The summed E-state index contributed by atoms with van der Waals surface area (Å²) in [6.45, 7) is 1.98. The Balaban J connectivity index is 1.42. The van der Waals surface area contributed by atoms with Gasteiger partial charge >= 0.3 is 0 Å². The molecule has 12 heteroatoms. The minimum atomic E-state index is -0.487. The standard InChI is InChI=1S/C24H22ClN3O6S2/c1-32-19-12-15(2-7-18(19)34-14-21(29)27-8-10-33-11-9-27)13-20-23(31)28(24(35)36-20)26-22(30)16-3-5-17(25)6-4-16/h2-7,12-13H,8-11,14H2,1H3,(H,26,30)/b20-13-. The lowest BCUT2D eigenvalue weighted by Gasteiger charge is -2.26. The van der Waals surface area contributed by atoms with Crippen LogP contribution in [0.25, 0.3) is 6.08 Å². The number of nitrogens with zero attached hydrogens (tertiary/aromatic N) is 2. The number of hydrogen-bond donors (Lipinski definition) is 1. The van der Waals surface area contributed by atoms with Gasteiger partial charge < -0.3 is 19.1 Å². The third-order valence-corrected chi connectivity index (χ3v) is 6.87. The Morgan fingerprint density at radius 1 is 1.17 bits per heavy atom. The zero-order valence-corrected chi connectivity index (χ0v) is 21.6. The summed E-state index contributed by atoms with van der Waals surface area (Å²) in [4.78, 5) is 39.8. The molecule has 2 aliphatic rings. The van der Waals surface area contributed by atoms with Gasteiger partial charge in [-0.3, -0.25) is 19.8 Å². The van der Waals surface area contributed by atoms with Gasteiger partial charge in [0.1, 0.15) is 0 Å². The number of hydrazine groups is 1. The Morgan fingerprint density at radius 2 is 1.89 bits per heavy atom. The fourth-order valence-electron chi connectivity index (χ4n) is 3.42. The summed E-state index contributed by atoms with van der Waals surface area (Å²) in [5, 5.41) is 1.53. The number of carbonyl (C=O) groups excluding carboxylic acids is 3. The number of halogens is 1. The van der Waals surface area contributed by atoms with Gasteiger partial charge in [-0.15, -0.1) is 0 Å². The molecule has 188 valence electrons. The lowest BCUT2D eigenvalue weighted by Crippen LogP contribution is -2.44. The van der Waals surface area contributed by atoms with Crippen molar-refractivity contribution in [3.63, 3.8) is 0 Å². The molecule has 2 aromatic carbocycles. The molecule has 0 atom stereocenters. The Labute approximate surface area is 222 Å². The highest BCUT2D eigenvalue weighted by Gasteiger charge is 2.34. The van der Waals surface area contributed by atoms with Gasteiger partial charge in [-0.05, 0) is 60.3 Å². The highest BCUT2D eigenvalue weighted by Crippen LogP contribution is 2.34. The fourth-order valence-corrected chi connectivity index (χ4v) is 4.73. The van der Waals surface area contributed by atoms with Crippen LogP contribution in [0.15, 0.2) is 47.4 Å². The molecule has 4 rings (SSSR count). The first kappa shape index (κ1) is 26.0. The number of amides is 3. The van der Waals surface area contributed by atoms with Crippen LogP contribution in [-0.2, 0) is 14.3 Å². The van der Waals surface area contributed by atoms with E-state index in [-0.39, 0.29) is 16.8 Å². The van der Waals surface area contributed by atoms with E-state index in [1.165, 1.54) is 7.11 Å². The van der Waals surface area contributed by atoms with Crippen molar-refractivity contribution in [2.24, 2.45) is 0 Å². The van der Waals surface area contributed by atoms with E-state index in [0.29, 0.717) is 58.9 Å². The van der Waals surface area contributed by atoms with E-state index in [2.05, 4.69) is 5.43 Å². The van der Waals surface area contributed by atoms with Gasteiger partial charge in [0.15, 0.2) is 22.4 Å². The second-order valence-electron chi connectivity index (χ2n) is 7.66. The van der Waals surface area contributed by atoms with Crippen LogP contribution in [0.4, 0.5) is 0 Å². The quantitative estimate of drug-likeness (QED) is 0.417. The molecule has 1 N–H and O–H groups in total. The van der Waals surface area contributed by atoms with E-state index in [4.69, 9.17) is 38.0 Å². The van der Waals surface area contributed by atoms with E-state index in [0.717, 1.165) is 16.8 Å². The van der Waals surface area contributed by atoms with Crippen molar-refractivity contribution in [2.45, 2.75) is 0 Å². The van der Waals surface area contributed by atoms with Gasteiger partial charge in [0.2, 0.25) is 0 Å². The summed E-state index contributed by atoms with van der Waals surface area (Å²) in [5.74, 6) is -0.264.